The molecule has 3 aromatic rings. The number of hydrogen-bond donors (Lipinski definition) is 1. The van der Waals surface area contributed by atoms with Gasteiger partial charge in [0.05, 0.1) is 28.0 Å². The van der Waals surface area contributed by atoms with E-state index in [1.54, 1.807) is 29.8 Å². The van der Waals surface area contributed by atoms with Gasteiger partial charge >= 0.3 is 0 Å². The number of amides is 1. The van der Waals surface area contributed by atoms with Crippen molar-refractivity contribution in [1.29, 1.82) is 5.26 Å². The molecule has 0 fully saturated rings. The van der Waals surface area contributed by atoms with Gasteiger partial charge in [-0.15, -0.1) is 0 Å². The molecule has 1 amide bonds. The summed E-state index contributed by atoms with van der Waals surface area (Å²) in [7, 11) is 0. The fourth-order valence-electron chi connectivity index (χ4n) is 2.79. The Balaban J connectivity index is 1.88. The van der Waals surface area contributed by atoms with Crippen LogP contribution in [0.15, 0.2) is 48.0 Å². The van der Waals surface area contributed by atoms with Crippen LogP contribution in [-0.4, -0.2) is 15.7 Å². The number of nitriles is 1. The number of halogens is 3. The Bertz CT molecular complexity index is 1150. The lowest BCUT2D eigenvalue weighted by Gasteiger charge is -2.08. The molecule has 0 saturated carbocycles. The highest BCUT2D eigenvalue weighted by Gasteiger charge is 2.18. The number of anilines is 1. The molecule has 30 heavy (non-hydrogen) atoms. The Morgan fingerprint density at radius 3 is 2.37 bits per heavy atom. The summed E-state index contributed by atoms with van der Waals surface area (Å²) in [5.41, 5.74) is 3.39. The number of aromatic nitrogens is 2. The lowest BCUT2D eigenvalue weighted by atomic mass is 10.1. The van der Waals surface area contributed by atoms with E-state index in [1.165, 1.54) is 6.08 Å². The molecule has 0 unspecified atom stereocenters. The van der Waals surface area contributed by atoms with Crippen LogP contribution in [0.25, 0.3) is 6.08 Å². The van der Waals surface area contributed by atoms with Gasteiger partial charge in [0.25, 0.3) is 5.91 Å². The molecule has 0 spiro atoms. The van der Waals surface area contributed by atoms with Gasteiger partial charge in [-0.1, -0.05) is 70.7 Å². The second-order valence-corrected chi connectivity index (χ2v) is 7.83. The first-order valence-corrected chi connectivity index (χ1v) is 10.1. The highest BCUT2D eigenvalue weighted by atomic mass is 35.5. The first kappa shape index (κ1) is 21.9. The number of carbonyl (C=O) groups excluding carboxylic acids is 1. The lowest BCUT2D eigenvalue weighted by molar-refractivity contribution is -0.112. The third-order valence-electron chi connectivity index (χ3n) is 4.42. The quantitative estimate of drug-likeness (QED) is 0.373. The van der Waals surface area contributed by atoms with Gasteiger partial charge in [0.1, 0.15) is 16.8 Å². The zero-order chi connectivity index (χ0) is 21.8. The average Bonchev–Trinajstić information content (AvgIpc) is 2.97. The van der Waals surface area contributed by atoms with E-state index in [0.717, 1.165) is 11.1 Å². The van der Waals surface area contributed by atoms with Crippen LogP contribution in [0.2, 0.25) is 15.2 Å². The van der Waals surface area contributed by atoms with Crippen molar-refractivity contribution in [2.24, 2.45) is 0 Å². The van der Waals surface area contributed by atoms with Crippen molar-refractivity contribution in [3.63, 3.8) is 0 Å². The predicted molar refractivity (Wildman–Crippen MR) is 121 cm³/mol. The molecule has 1 N–H and O–H groups in total. The van der Waals surface area contributed by atoms with Crippen molar-refractivity contribution in [2.45, 2.75) is 20.4 Å². The molecule has 1 aromatic heterocycles. The standard InChI is InChI=1S/C22H17Cl3N4O/c1-13-6-8-15(9-7-13)12-29-21(25)17(14(2)28-29)10-16(11-26)22(30)27-20-18(23)4-3-5-19(20)24/h3-10H,12H2,1-2H3,(H,27,30)/b16-10+. The van der Waals surface area contributed by atoms with E-state index in [4.69, 9.17) is 34.8 Å². The van der Waals surface area contributed by atoms with Gasteiger partial charge in [0, 0.05) is 5.56 Å². The SMILES string of the molecule is Cc1ccc(Cn2nc(C)c(/C=C(\C#N)C(=O)Nc3c(Cl)cccc3Cl)c2Cl)cc1. The zero-order valence-corrected chi connectivity index (χ0v) is 18.5. The van der Waals surface area contributed by atoms with Crippen LogP contribution in [0, 0.1) is 25.2 Å². The molecular weight excluding hydrogens is 443 g/mol. The summed E-state index contributed by atoms with van der Waals surface area (Å²) in [4.78, 5) is 12.6. The van der Waals surface area contributed by atoms with E-state index in [1.807, 2.05) is 37.3 Å². The number of benzene rings is 2. The Morgan fingerprint density at radius 2 is 1.77 bits per heavy atom. The van der Waals surface area contributed by atoms with E-state index in [9.17, 15) is 10.1 Å². The smallest absolute Gasteiger partial charge is 0.266 e. The van der Waals surface area contributed by atoms with Crippen molar-refractivity contribution in [1.82, 2.24) is 9.78 Å². The van der Waals surface area contributed by atoms with Gasteiger partial charge in [-0.05, 0) is 37.6 Å². The predicted octanol–water partition coefficient (Wildman–Crippen LogP) is 6.05. The van der Waals surface area contributed by atoms with Crippen LogP contribution < -0.4 is 5.32 Å². The third-order valence-corrected chi connectivity index (χ3v) is 5.45. The number of nitrogens with zero attached hydrogens (tertiary/aromatic N) is 3. The summed E-state index contributed by atoms with van der Waals surface area (Å²) < 4.78 is 1.63. The summed E-state index contributed by atoms with van der Waals surface area (Å²) in [6.45, 7) is 4.25. The minimum atomic E-state index is -0.644. The monoisotopic (exact) mass is 458 g/mol. The Morgan fingerprint density at radius 1 is 1.13 bits per heavy atom. The molecule has 3 rings (SSSR count). The summed E-state index contributed by atoms with van der Waals surface area (Å²) >= 11 is 18.7. The van der Waals surface area contributed by atoms with Crippen LogP contribution in [0.5, 0.6) is 0 Å². The van der Waals surface area contributed by atoms with Crippen molar-refractivity contribution in [2.75, 3.05) is 5.32 Å². The van der Waals surface area contributed by atoms with E-state index in [-0.39, 0.29) is 21.3 Å². The fourth-order valence-corrected chi connectivity index (χ4v) is 3.57. The number of nitrogens with one attached hydrogen (secondary N) is 1. The molecule has 2 aromatic carbocycles. The third kappa shape index (κ3) is 4.85. The largest absolute Gasteiger partial charge is 0.319 e. The van der Waals surface area contributed by atoms with E-state index in [2.05, 4.69) is 10.4 Å². The van der Waals surface area contributed by atoms with Crippen LogP contribution in [0.1, 0.15) is 22.4 Å². The van der Waals surface area contributed by atoms with Crippen molar-refractivity contribution in [3.8, 4) is 6.07 Å². The van der Waals surface area contributed by atoms with Gasteiger partial charge < -0.3 is 5.32 Å². The molecule has 0 atom stereocenters. The van der Waals surface area contributed by atoms with Crippen molar-refractivity contribution < 1.29 is 4.79 Å². The van der Waals surface area contributed by atoms with Crippen LogP contribution >= 0.6 is 34.8 Å². The molecule has 152 valence electrons. The maximum absolute atomic E-state index is 12.6. The molecule has 8 heteroatoms. The Hall–Kier alpha value is -2.78. The van der Waals surface area contributed by atoms with Gasteiger partial charge in [0.2, 0.25) is 0 Å². The molecule has 0 radical (unpaired) electrons. The van der Waals surface area contributed by atoms with Crippen LogP contribution in [-0.2, 0) is 11.3 Å². The molecule has 0 bridgehead atoms. The van der Waals surface area contributed by atoms with Crippen LogP contribution in [0.4, 0.5) is 5.69 Å². The number of hydrogen-bond acceptors (Lipinski definition) is 3. The van der Waals surface area contributed by atoms with E-state index in [0.29, 0.717) is 23.0 Å². The topological polar surface area (TPSA) is 70.7 Å². The average molecular weight is 460 g/mol. The molecule has 1 heterocycles. The van der Waals surface area contributed by atoms with Crippen LogP contribution in [0.3, 0.4) is 0 Å². The Kier molecular flexibility index (Phi) is 6.84. The normalized spacial score (nSPS) is 11.3. The highest BCUT2D eigenvalue weighted by molar-refractivity contribution is 6.40. The summed E-state index contributed by atoms with van der Waals surface area (Å²) in [5.74, 6) is -0.644. The molecule has 5 nitrogen and oxygen atoms in total. The number of para-hydroxylation sites is 1. The number of aryl methyl sites for hydroxylation is 2. The lowest BCUT2D eigenvalue weighted by Crippen LogP contribution is -2.14. The maximum atomic E-state index is 12.6. The second-order valence-electron chi connectivity index (χ2n) is 6.65. The number of rotatable bonds is 5. The van der Waals surface area contributed by atoms with Gasteiger partial charge in [-0.2, -0.15) is 10.4 Å². The second kappa shape index (κ2) is 9.36. The van der Waals surface area contributed by atoms with Gasteiger partial charge in [-0.3, -0.25) is 4.79 Å². The zero-order valence-electron chi connectivity index (χ0n) is 16.2. The first-order valence-electron chi connectivity index (χ1n) is 8.95. The van der Waals surface area contributed by atoms with Crippen molar-refractivity contribution in [3.05, 3.63) is 85.6 Å². The van der Waals surface area contributed by atoms with Gasteiger partial charge in [-0.25, -0.2) is 4.68 Å². The summed E-state index contributed by atoms with van der Waals surface area (Å²) in [6.07, 6.45) is 1.41. The van der Waals surface area contributed by atoms with Gasteiger partial charge in [0.15, 0.2) is 0 Å². The minimum Gasteiger partial charge on any atom is -0.319 e. The maximum Gasteiger partial charge on any atom is 0.266 e. The highest BCUT2D eigenvalue weighted by Crippen LogP contribution is 2.30. The Labute approximate surface area is 189 Å². The molecule has 0 saturated heterocycles. The van der Waals surface area contributed by atoms with Crippen molar-refractivity contribution >= 4 is 52.5 Å². The molecule has 0 aliphatic heterocycles. The van der Waals surface area contributed by atoms with E-state index >= 15 is 0 Å². The first-order chi connectivity index (χ1) is 14.3. The summed E-state index contributed by atoms with van der Waals surface area (Å²) in [6, 6.07) is 14.8. The number of carbonyl (C=O) groups is 1. The molecule has 0 aliphatic carbocycles. The molecule has 0 aliphatic rings. The molecular formula is C22H17Cl3N4O. The van der Waals surface area contributed by atoms with E-state index < -0.39 is 5.91 Å². The minimum absolute atomic E-state index is 0.147. The fraction of sp³-hybridized carbons (Fsp3) is 0.136. The summed E-state index contributed by atoms with van der Waals surface area (Å²) in [5, 5.41) is 17.4.